The Kier molecular flexibility index (Phi) is 3.16. The second kappa shape index (κ2) is 4.70. The highest BCUT2D eigenvalue weighted by atomic mass is 32.1. The molecule has 2 aromatic heterocycles. The zero-order valence-corrected chi connectivity index (χ0v) is 12.1. The molecule has 0 aliphatic carbocycles. The average molecular weight is 294 g/mol. The van der Waals surface area contributed by atoms with Gasteiger partial charge in [-0.15, -0.1) is 11.3 Å². The molecule has 6 heteroatoms. The molecule has 19 heavy (non-hydrogen) atoms. The van der Waals surface area contributed by atoms with Gasteiger partial charge in [0.05, 0.1) is 18.7 Å². The van der Waals surface area contributed by atoms with Crippen LogP contribution in [0.25, 0.3) is 10.6 Å². The first-order valence-corrected chi connectivity index (χ1v) is 7.93. The topological polar surface area (TPSA) is 53.4 Å². The number of rotatable bonds is 3. The van der Waals surface area contributed by atoms with Gasteiger partial charge < -0.3 is 10.0 Å². The van der Waals surface area contributed by atoms with Crippen molar-refractivity contribution in [2.24, 2.45) is 0 Å². The van der Waals surface area contributed by atoms with Crippen LogP contribution in [0.5, 0.6) is 0 Å². The quantitative estimate of drug-likeness (QED) is 0.946. The fourth-order valence-electron chi connectivity index (χ4n) is 2.08. The van der Waals surface area contributed by atoms with Crippen molar-refractivity contribution < 1.29 is 9.90 Å². The van der Waals surface area contributed by atoms with Gasteiger partial charge in [0.25, 0.3) is 5.91 Å². The molecule has 4 nitrogen and oxygen atoms in total. The van der Waals surface area contributed by atoms with E-state index in [1.165, 1.54) is 11.3 Å². The Morgan fingerprint density at radius 3 is 2.95 bits per heavy atom. The summed E-state index contributed by atoms with van der Waals surface area (Å²) in [6.07, 6.45) is 0.675. The van der Waals surface area contributed by atoms with Crippen molar-refractivity contribution in [1.29, 1.82) is 0 Å². The number of hydrogen-bond donors (Lipinski definition) is 1. The zero-order chi connectivity index (χ0) is 13.5. The summed E-state index contributed by atoms with van der Waals surface area (Å²) in [7, 11) is 0. The maximum Gasteiger partial charge on any atom is 0.273 e. The van der Waals surface area contributed by atoms with E-state index in [1.807, 2.05) is 23.8 Å². The van der Waals surface area contributed by atoms with Gasteiger partial charge in [-0.1, -0.05) is 6.92 Å². The number of thiazole rings is 1. The van der Waals surface area contributed by atoms with E-state index in [-0.39, 0.29) is 5.91 Å². The monoisotopic (exact) mass is 294 g/mol. The highest BCUT2D eigenvalue weighted by molar-refractivity contribution is 7.14. The molecule has 0 aromatic carbocycles. The Morgan fingerprint density at radius 1 is 1.53 bits per heavy atom. The molecule has 0 bridgehead atoms. The van der Waals surface area contributed by atoms with Crippen molar-refractivity contribution in [3.63, 3.8) is 0 Å². The van der Waals surface area contributed by atoms with Crippen LogP contribution in [0.3, 0.4) is 0 Å². The Morgan fingerprint density at radius 2 is 2.32 bits per heavy atom. The first-order chi connectivity index (χ1) is 9.11. The summed E-state index contributed by atoms with van der Waals surface area (Å²) in [5.41, 5.74) is 0.842. The van der Waals surface area contributed by atoms with Crippen LogP contribution in [0.1, 0.15) is 23.8 Å². The molecule has 0 atom stereocenters. The number of thiophene rings is 1. The molecule has 1 saturated heterocycles. The molecular formula is C13H14N2O2S2. The summed E-state index contributed by atoms with van der Waals surface area (Å²) in [5.74, 6) is -0.0872. The van der Waals surface area contributed by atoms with E-state index in [9.17, 15) is 9.90 Å². The van der Waals surface area contributed by atoms with E-state index in [1.54, 1.807) is 21.6 Å². The number of carbonyl (C=O) groups is 1. The van der Waals surface area contributed by atoms with E-state index in [2.05, 4.69) is 4.98 Å². The van der Waals surface area contributed by atoms with Crippen LogP contribution in [0.2, 0.25) is 0 Å². The van der Waals surface area contributed by atoms with Crippen molar-refractivity contribution in [2.75, 3.05) is 13.1 Å². The number of aromatic nitrogens is 1. The van der Waals surface area contributed by atoms with Gasteiger partial charge in [0.2, 0.25) is 0 Å². The Labute approximate surface area is 119 Å². The third kappa shape index (κ3) is 2.31. The minimum Gasteiger partial charge on any atom is -0.386 e. The van der Waals surface area contributed by atoms with E-state index >= 15 is 0 Å². The van der Waals surface area contributed by atoms with Crippen LogP contribution in [0.15, 0.2) is 22.2 Å². The van der Waals surface area contributed by atoms with Crippen molar-refractivity contribution >= 4 is 28.6 Å². The summed E-state index contributed by atoms with van der Waals surface area (Å²) < 4.78 is 0. The lowest BCUT2D eigenvalue weighted by Gasteiger charge is -2.45. The summed E-state index contributed by atoms with van der Waals surface area (Å²) in [4.78, 5) is 18.2. The lowest BCUT2D eigenvalue weighted by molar-refractivity contribution is -0.0827. The van der Waals surface area contributed by atoms with E-state index in [0.29, 0.717) is 25.2 Å². The molecule has 100 valence electrons. The van der Waals surface area contributed by atoms with Gasteiger partial charge >= 0.3 is 0 Å². The highest BCUT2D eigenvalue weighted by Crippen LogP contribution is 2.29. The van der Waals surface area contributed by atoms with Gasteiger partial charge in [-0.25, -0.2) is 4.98 Å². The number of nitrogens with zero attached hydrogens (tertiary/aromatic N) is 2. The zero-order valence-electron chi connectivity index (χ0n) is 10.5. The predicted molar refractivity (Wildman–Crippen MR) is 76.6 cm³/mol. The molecule has 2 aromatic rings. The minimum absolute atomic E-state index is 0.0872. The molecule has 0 saturated carbocycles. The number of β-amino-alcohol motifs (C(OH)–C–C–N with tert-alkyl or cyclic N) is 1. The normalized spacial score (nSPS) is 17.3. The Balaban J connectivity index is 1.72. The average Bonchev–Trinajstić information content (AvgIpc) is 3.03. The second-order valence-corrected chi connectivity index (χ2v) is 6.43. The molecule has 1 N–H and O–H groups in total. The molecule has 0 unspecified atom stereocenters. The number of likely N-dealkylation sites (tertiary alicyclic amines) is 1. The number of hydrogen-bond acceptors (Lipinski definition) is 5. The maximum absolute atomic E-state index is 12.2. The molecule has 1 aliphatic heterocycles. The van der Waals surface area contributed by atoms with Crippen LogP contribution in [0.4, 0.5) is 0 Å². The van der Waals surface area contributed by atoms with Crippen LogP contribution >= 0.6 is 22.7 Å². The van der Waals surface area contributed by atoms with Gasteiger partial charge in [0.15, 0.2) is 0 Å². The summed E-state index contributed by atoms with van der Waals surface area (Å²) in [6.45, 7) is 2.75. The van der Waals surface area contributed by atoms with E-state index < -0.39 is 5.60 Å². The number of carbonyl (C=O) groups excluding carboxylic acids is 1. The molecule has 1 fully saturated rings. The fourth-order valence-corrected chi connectivity index (χ4v) is 3.59. The molecule has 1 aliphatic rings. The van der Waals surface area contributed by atoms with E-state index in [0.717, 1.165) is 10.6 Å². The van der Waals surface area contributed by atoms with Crippen LogP contribution in [0, 0.1) is 0 Å². The van der Waals surface area contributed by atoms with Crippen molar-refractivity contribution in [3.8, 4) is 10.6 Å². The molecule has 1 amide bonds. The highest BCUT2D eigenvalue weighted by Gasteiger charge is 2.42. The number of aliphatic hydroxyl groups is 1. The molecule has 0 radical (unpaired) electrons. The third-order valence-corrected chi connectivity index (χ3v) is 4.98. The third-order valence-electron chi connectivity index (χ3n) is 3.41. The molecule has 3 rings (SSSR count). The molecule has 3 heterocycles. The van der Waals surface area contributed by atoms with Gasteiger partial charge in [0, 0.05) is 16.3 Å². The van der Waals surface area contributed by atoms with Gasteiger partial charge in [-0.05, 0) is 17.9 Å². The Hall–Kier alpha value is -1.24. The van der Waals surface area contributed by atoms with Crippen molar-refractivity contribution in [1.82, 2.24) is 9.88 Å². The number of amides is 1. The molecule has 0 spiro atoms. The van der Waals surface area contributed by atoms with Crippen LogP contribution in [-0.2, 0) is 0 Å². The minimum atomic E-state index is -0.693. The van der Waals surface area contributed by atoms with Gasteiger partial charge in [0.1, 0.15) is 10.7 Å². The van der Waals surface area contributed by atoms with Crippen LogP contribution < -0.4 is 0 Å². The fraction of sp³-hybridized carbons (Fsp3) is 0.385. The van der Waals surface area contributed by atoms with Crippen LogP contribution in [-0.4, -0.2) is 39.6 Å². The maximum atomic E-state index is 12.2. The molecular weight excluding hydrogens is 280 g/mol. The summed E-state index contributed by atoms with van der Waals surface area (Å²) in [5, 5.41) is 16.6. The van der Waals surface area contributed by atoms with Crippen molar-refractivity contribution in [3.05, 3.63) is 27.9 Å². The smallest absolute Gasteiger partial charge is 0.273 e. The van der Waals surface area contributed by atoms with Crippen molar-refractivity contribution in [2.45, 2.75) is 18.9 Å². The lowest BCUT2D eigenvalue weighted by atomic mass is 9.91. The largest absolute Gasteiger partial charge is 0.386 e. The lowest BCUT2D eigenvalue weighted by Crippen LogP contribution is -2.63. The Bertz CT molecular complexity index is 586. The SMILES string of the molecule is CCC1(O)CN(C(=O)c2csc(-c3ccsc3)n2)C1. The first kappa shape index (κ1) is 12.8. The second-order valence-electron chi connectivity index (χ2n) is 4.79. The standard InChI is InChI=1S/C13H14N2O2S2/c1-2-13(17)7-15(8-13)12(16)10-6-19-11(14-10)9-3-4-18-5-9/h3-6,17H,2,7-8H2,1H3. The van der Waals surface area contributed by atoms with E-state index in [4.69, 9.17) is 0 Å². The summed E-state index contributed by atoms with van der Waals surface area (Å²) >= 11 is 3.09. The van der Waals surface area contributed by atoms with Gasteiger partial charge in [-0.3, -0.25) is 4.79 Å². The summed E-state index contributed by atoms with van der Waals surface area (Å²) in [6, 6.07) is 2.00. The van der Waals surface area contributed by atoms with Gasteiger partial charge in [-0.2, -0.15) is 11.3 Å². The first-order valence-electron chi connectivity index (χ1n) is 6.11. The predicted octanol–water partition coefficient (Wildman–Crippen LogP) is 2.47.